The average molecular weight is 347 g/mol. The SMILES string of the molecule is CCN1CC(C(=O)N2CCN(Cc3ccccc3F)C(=O)C2)CC1=O. The van der Waals surface area contributed by atoms with E-state index in [-0.39, 0.29) is 49.0 Å². The van der Waals surface area contributed by atoms with E-state index in [1.54, 1.807) is 28.0 Å². The second-order valence-corrected chi connectivity index (χ2v) is 6.50. The fourth-order valence-corrected chi connectivity index (χ4v) is 3.40. The van der Waals surface area contributed by atoms with E-state index in [0.29, 0.717) is 31.7 Å². The molecule has 0 aromatic heterocycles. The van der Waals surface area contributed by atoms with Crippen LogP contribution in [0.3, 0.4) is 0 Å². The molecule has 0 saturated carbocycles. The van der Waals surface area contributed by atoms with Crippen molar-refractivity contribution in [2.45, 2.75) is 19.9 Å². The van der Waals surface area contributed by atoms with Crippen molar-refractivity contribution in [2.75, 3.05) is 32.7 Å². The summed E-state index contributed by atoms with van der Waals surface area (Å²) < 4.78 is 13.7. The number of piperazine rings is 1. The number of hydrogen-bond acceptors (Lipinski definition) is 3. The summed E-state index contributed by atoms with van der Waals surface area (Å²) in [6.45, 7) is 3.89. The van der Waals surface area contributed by atoms with E-state index in [1.165, 1.54) is 11.0 Å². The molecule has 1 aromatic carbocycles. The van der Waals surface area contributed by atoms with Crippen LogP contribution in [0.5, 0.6) is 0 Å². The number of amides is 3. The molecule has 0 radical (unpaired) electrons. The third kappa shape index (κ3) is 3.65. The van der Waals surface area contributed by atoms with Crippen molar-refractivity contribution >= 4 is 17.7 Å². The van der Waals surface area contributed by atoms with Gasteiger partial charge < -0.3 is 14.7 Å². The third-order valence-electron chi connectivity index (χ3n) is 4.89. The molecule has 3 amide bonds. The second-order valence-electron chi connectivity index (χ2n) is 6.50. The number of carbonyl (C=O) groups is 3. The Balaban J connectivity index is 1.58. The van der Waals surface area contributed by atoms with Crippen LogP contribution in [-0.2, 0) is 20.9 Å². The molecule has 2 saturated heterocycles. The van der Waals surface area contributed by atoms with E-state index < -0.39 is 0 Å². The Morgan fingerprint density at radius 1 is 1.16 bits per heavy atom. The van der Waals surface area contributed by atoms with Gasteiger partial charge >= 0.3 is 0 Å². The Morgan fingerprint density at radius 3 is 2.56 bits per heavy atom. The zero-order valence-corrected chi connectivity index (χ0v) is 14.3. The van der Waals surface area contributed by atoms with Crippen molar-refractivity contribution in [3.05, 3.63) is 35.6 Å². The van der Waals surface area contributed by atoms with Gasteiger partial charge in [-0.05, 0) is 13.0 Å². The topological polar surface area (TPSA) is 60.9 Å². The Morgan fingerprint density at radius 2 is 1.92 bits per heavy atom. The van der Waals surface area contributed by atoms with Crippen molar-refractivity contribution in [1.29, 1.82) is 0 Å². The van der Waals surface area contributed by atoms with Gasteiger partial charge in [-0.2, -0.15) is 0 Å². The largest absolute Gasteiger partial charge is 0.342 e. The predicted octanol–water partition coefficient (Wildman–Crippen LogP) is 0.865. The van der Waals surface area contributed by atoms with Crippen LogP contribution in [0.2, 0.25) is 0 Å². The molecular formula is C18H22FN3O3. The molecule has 2 aliphatic heterocycles. The Bertz CT molecular complexity index is 694. The molecule has 0 spiro atoms. The molecule has 2 heterocycles. The molecular weight excluding hydrogens is 325 g/mol. The van der Waals surface area contributed by atoms with Gasteiger partial charge in [0.15, 0.2) is 0 Å². The second kappa shape index (κ2) is 7.21. The van der Waals surface area contributed by atoms with Gasteiger partial charge in [0.1, 0.15) is 5.82 Å². The van der Waals surface area contributed by atoms with E-state index in [0.717, 1.165) is 0 Å². The summed E-state index contributed by atoms with van der Waals surface area (Å²) in [5.74, 6) is -1.04. The standard InChI is InChI=1S/C18H22FN3O3/c1-2-20-11-14(9-16(20)23)18(25)22-8-7-21(17(24)12-22)10-13-5-3-4-6-15(13)19/h3-6,14H,2,7-12H2,1H3. The first kappa shape index (κ1) is 17.4. The van der Waals surface area contributed by atoms with Gasteiger partial charge in [0.05, 0.1) is 12.5 Å². The Labute approximate surface area is 146 Å². The van der Waals surface area contributed by atoms with E-state index in [1.807, 2.05) is 6.92 Å². The first-order valence-electron chi connectivity index (χ1n) is 8.57. The lowest BCUT2D eigenvalue weighted by atomic mass is 10.1. The fourth-order valence-electron chi connectivity index (χ4n) is 3.40. The van der Waals surface area contributed by atoms with Crippen LogP contribution in [0.4, 0.5) is 4.39 Å². The minimum atomic E-state index is -0.363. The summed E-state index contributed by atoms with van der Waals surface area (Å²) in [5, 5.41) is 0. The van der Waals surface area contributed by atoms with Crippen LogP contribution in [0.15, 0.2) is 24.3 Å². The molecule has 2 fully saturated rings. The van der Waals surface area contributed by atoms with Crippen molar-refractivity contribution in [3.63, 3.8) is 0 Å². The number of nitrogens with zero attached hydrogens (tertiary/aromatic N) is 3. The number of hydrogen-bond donors (Lipinski definition) is 0. The summed E-state index contributed by atoms with van der Waals surface area (Å²) in [7, 11) is 0. The van der Waals surface area contributed by atoms with Crippen LogP contribution in [0, 0.1) is 11.7 Å². The van der Waals surface area contributed by atoms with E-state index in [9.17, 15) is 18.8 Å². The minimum Gasteiger partial charge on any atom is -0.342 e. The quantitative estimate of drug-likeness (QED) is 0.812. The van der Waals surface area contributed by atoms with E-state index in [4.69, 9.17) is 0 Å². The molecule has 7 heteroatoms. The highest BCUT2D eigenvalue weighted by Gasteiger charge is 2.38. The summed E-state index contributed by atoms with van der Waals surface area (Å²) >= 11 is 0. The van der Waals surface area contributed by atoms with Gasteiger partial charge in [-0.3, -0.25) is 14.4 Å². The molecule has 6 nitrogen and oxygen atoms in total. The minimum absolute atomic E-state index is 0.00892. The van der Waals surface area contributed by atoms with Gasteiger partial charge in [-0.1, -0.05) is 18.2 Å². The van der Waals surface area contributed by atoms with Crippen LogP contribution in [0.1, 0.15) is 18.9 Å². The van der Waals surface area contributed by atoms with Crippen molar-refractivity contribution in [3.8, 4) is 0 Å². The molecule has 2 aliphatic rings. The molecule has 1 unspecified atom stereocenters. The maximum absolute atomic E-state index is 13.7. The predicted molar refractivity (Wildman–Crippen MR) is 88.8 cm³/mol. The zero-order valence-electron chi connectivity index (χ0n) is 14.3. The number of carbonyl (C=O) groups excluding carboxylic acids is 3. The molecule has 0 aliphatic carbocycles. The number of rotatable bonds is 4. The number of likely N-dealkylation sites (tertiary alicyclic amines) is 1. The highest BCUT2D eigenvalue weighted by atomic mass is 19.1. The molecule has 0 N–H and O–H groups in total. The highest BCUT2D eigenvalue weighted by molar-refractivity contribution is 5.92. The van der Waals surface area contributed by atoms with Crippen LogP contribution in [-0.4, -0.2) is 65.1 Å². The maximum atomic E-state index is 13.7. The van der Waals surface area contributed by atoms with Gasteiger partial charge in [-0.25, -0.2) is 4.39 Å². The third-order valence-corrected chi connectivity index (χ3v) is 4.89. The number of halogens is 1. The summed E-state index contributed by atoms with van der Waals surface area (Å²) in [4.78, 5) is 41.5. The molecule has 25 heavy (non-hydrogen) atoms. The monoisotopic (exact) mass is 347 g/mol. The lowest BCUT2D eigenvalue weighted by molar-refractivity contribution is -0.147. The van der Waals surface area contributed by atoms with Crippen LogP contribution in [0.25, 0.3) is 0 Å². The lowest BCUT2D eigenvalue weighted by Gasteiger charge is -2.35. The average Bonchev–Trinajstić information content (AvgIpc) is 2.98. The lowest BCUT2D eigenvalue weighted by Crippen LogP contribution is -2.53. The smallest absolute Gasteiger partial charge is 0.242 e. The summed E-state index contributed by atoms with van der Waals surface area (Å²) in [6, 6.07) is 6.37. The highest BCUT2D eigenvalue weighted by Crippen LogP contribution is 2.21. The first-order chi connectivity index (χ1) is 12.0. The molecule has 134 valence electrons. The summed E-state index contributed by atoms with van der Waals surface area (Å²) in [5.41, 5.74) is 0.468. The van der Waals surface area contributed by atoms with E-state index >= 15 is 0 Å². The van der Waals surface area contributed by atoms with Gasteiger partial charge in [0.25, 0.3) is 0 Å². The molecule has 1 aromatic rings. The van der Waals surface area contributed by atoms with Gasteiger partial charge in [0, 0.05) is 44.7 Å². The Hall–Kier alpha value is -2.44. The molecule has 0 bridgehead atoms. The Kier molecular flexibility index (Phi) is 5.01. The van der Waals surface area contributed by atoms with Gasteiger partial charge in [0.2, 0.25) is 17.7 Å². The van der Waals surface area contributed by atoms with Crippen LogP contribution < -0.4 is 0 Å². The van der Waals surface area contributed by atoms with Crippen molar-refractivity contribution in [2.24, 2.45) is 5.92 Å². The fraction of sp³-hybridized carbons (Fsp3) is 0.500. The normalized spacial score (nSPS) is 21.2. The summed E-state index contributed by atoms with van der Waals surface area (Å²) in [6.07, 6.45) is 0.219. The maximum Gasteiger partial charge on any atom is 0.242 e. The molecule has 1 atom stereocenters. The van der Waals surface area contributed by atoms with Crippen molar-refractivity contribution in [1.82, 2.24) is 14.7 Å². The number of benzene rings is 1. The first-order valence-corrected chi connectivity index (χ1v) is 8.57. The van der Waals surface area contributed by atoms with E-state index in [2.05, 4.69) is 0 Å². The zero-order chi connectivity index (χ0) is 18.0. The van der Waals surface area contributed by atoms with Gasteiger partial charge in [-0.15, -0.1) is 0 Å². The van der Waals surface area contributed by atoms with Crippen LogP contribution >= 0.6 is 0 Å². The molecule has 3 rings (SSSR count). The van der Waals surface area contributed by atoms with Crippen molar-refractivity contribution < 1.29 is 18.8 Å².